The fourth-order valence-corrected chi connectivity index (χ4v) is 6.82. The van der Waals surface area contributed by atoms with E-state index in [4.69, 9.17) is 0 Å². The van der Waals surface area contributed by atoms with Crippen molar-refractivity contribution in [3.05, 3.63) is 49.5 Å². The zero-order chi connectivity index (χ0) is 20.7. The van der Waals surface area contributed by atoms with Crippen molar-refractivity contribution in [2.75, 3.05) is 0 Å². The van der Waals surface area contributed by atoms with Gasteiger partial charge in [-0.1, -0.05) is 25.6 Å². The second-order valence-corrected chi connectivity index (χ2v) is 10.6. The molecule has 1 atom stereocenters. The third kappa shape index (κ3) is 3.63. The third-order valence-corrected chi connectivity index (χ3v) is 8.32. The maximum Gasteiger partial charge on any atom is 0.258 e. The lowest BCUT2D eigenvalue weighted by Crippen LogP contribution is -2.12. The number of fused-ring (bicyclic) bond motifs is 2. The molecule has 6 nitrogen and oxygen atoms in total. The molecule has 0 saturated heterocycles. The van der Waals surface area contributed by atoms with Gasteiger partial charge in [0, 0.05) is 45.8 Å². The summed E-state index contributed by atoms with van der Waals surface area (Å²) in [6.07, 6.45) is 6.33. The topological polar surface area (TPSA) is 65.1 Å². The molecule has 30 heavy (non-hydrogen) atoms. The van der Waals surface area contributed by atoms with Crippen LogP contribution in [0.2, 0.25) is 0 Å². The molecule has 9 heteroatoms. The lowest BCUT2D eigenvalue weighted by Gasteiger charge is -2.19. The molecule has 0 saturated carbocycles. The molecule has 0 N–H and O–H groups in total. The molecular weight excluding hydrogens is 434 g/mol. The van der Waals surface area contributed by atoms with Gasteiger partial charge < -0.3 is 4.57 Å². The second-order valence-electron chi connectivity index (χ2n) is 7.79. The summed E-state index contributed by atoms with van der Waals surface area (Å²) < 4.78 is 3.82. The first-order chi connectivity index (χ1) is 14.6. The van der Waals surface area contributed by atoms with E-state index in [0.29, 0.717) is 5.75 Å². The van der Waals surface area contributed by atoms with Crippen LogP contribution in [0.25, 0.3) is 16.3 Å². The van der Waals surface area contributed by atoms with E-state index in [2.05, 4.69) is 39.0 Å². The average molecular weight is 458 g/mol. The Morgan fingerprint density at radius 1 is 1.30 bits per heavy atom. The minimum Gasteiger partial charge on any atom is -0.302 e. The molecule has 4 aromatic rings. The van der Waals surface area contributed by atoms with E-state index >= 15 is 0 Å². The van der Waals surface area contributed by atoms with E-state index in [9.17, 15) is 4.79 Å². The molecule has 0 aliphatic heterocycles. The zero-order valence-corrected chi connectivity index (χ0v) is 19.4. The maximum absolute atomic E-state index is 12.2. The first kappa shape index (κ1) is 20.0. The highest BCUT2D eigenvalue weighted by Crippen LogP contribution is 2.38. The van der Waals surface area contributed by atoms with Crippen LogP contribution in [-0.2, 0) is 25.1 Å². The number of aromatic nitrogens is 5. The normalized spacial score (nSPS) is 16.3. The molecule has 0 fully saturated rings. The SMILES string of the molecule is CCCn1c(SCc2cc(=O)n3ccsc3n2)nnc1-c1csc2c1CCC(C)C2. The molecule has 0 aromatic carbocycles. The van der Waals surface area contributed by atoms with Crippen molar-refractivity contribution in [2.45, 2.75) is 57.0 Å². The van der Waals surface area contributed by atoms with Crippen LogP contribution in [0.4, 0.5) is 0 Å². The second kappa shape index (κ2) is 8.28. The van der Waals surface area contributed by atoms with E-state index in [1.54, 1.807) is 28.4 Å². The highest BCUT2D eigenvalue weighted by molar-refractivity contribution is 7.98. The van der Waals surface area contributed by atoms with Gasteiger partial charge in [0.15, 0.2) is 15.9 Å². The van der Waals surface area contributed by atoms with Crippen molar-refractivity contribution in [2.24, 2.45) is 5.92 Å². The summed E-state index contributed by atoms with van der Waals surface area (Å²) >= 11 is 4.94. The third-order valence-electron chi connectivity index (χ3n) is 5.51. The van der Waals surface area contributed by atoms with Crippen LogP contribution in [0.1, 0.15) is 42.8 Å². The molecule has 4 aromatic heterocycles. The van der Waals surface area contributed by atoms with Gasteiger partial charge in [0.05, 0.1) is 5.69 Å². The lowest BCUT2D eigenvalue weighted by molar-refractivity contribution is 0.508. The Hall–Kier alpha value is -1.97. The standard InChI is InChI=1S/C21H23N5OS3/c1-3-6-26-19(16-12-29-17-9-13(2)4-5-15(16)17)23-24-21(26)30-11-14-10-18(27)25-7-8-28-20(25)22-14/h7-8,10,12-13H,3-6,9,11H2,1-2H3. The van der Waals surface area contributed by atoms with Gasteiger partial charge >= 0.3 is 0 Å². The molecule has 0 spiro atoms. The predicted molar refractivity (Wildman–Crippen MR) is 124 cm³/mol. The molecule has 5 rings (SSSR count). The minimum absolute atomic E-state index is 0.0355. The minimum atomic E-state index is -0.0355. The summed E-state index contributed by atoms with van der Waals surface area (Å²) in [5.74, 6) is 2.35. The zero-order valence-electron chi connectivity index (χ0n) is 17.0. The number of nitrogens with zero attached hydrogens (tertiary/aromatic N) is 5. The summed E-state index contributed by atoms with van der Waals surface area (Å²) in [6.45, 7) is 5.39. The molecular formula is C21H23N5OS3. The smallest absolute Gasteiger partial charge is 0.258 e. The summed E-state index contributed by atoms with van der Waals surface area (Å²) in [5, 5.41) is 14.1. The van der Waals surface area contributed by atoms with Crippen molar-refractivity contribution in [3.8, 4) is 11.4 Å². The van der Waals surface area contributed by atoms with Crippen molar-refractivity contribution in [1.29, 1.82) is 0 Å². The van der Waals surface area contributed by atoms with E-state index in [0.717, 1.165) is 46.9 Å². The van der Waals surface area contributed by atoms with E-state index in [1.165, 1.54) is 40.2 Å². The molecule has 1 unspecified atom stereocenters. The van der Waals surface area contributed by atoms with Gasteiger partial charge in [0.2, 0.25) is 0 Å². The number of thioether (sulfide) groups is 1. The Bertz CT molecular complexity index is 1250. The van der Waals surface area contributed by atoms with Crippen molar-refractivity contribution >= 4 is 39.4 Å². The van der Waals surface area contributed by atoms with E-state index in [-0.39, 0.29) is 5.56 Å². The van der Waals surface area contributed by atoms with Crippen LogP contribution in [0.3, 0.4) is 0 Å². The summed E-state index contributed by atoms with van der Waals surface area (Å²) in [5.41, 5.74) is 3.47. The highest BCUT2D eigenvalue weighted by Gasteiger charge is 2.24. The highest BCUT2D eigenvalue weighted by atomic mass is 32.2. The van der Waals surface area contributed by atoms with E-state index < -0.39 is 0 Å². The number of rotatable bonds is 6. The first-order valence-electron chi connectivity index (χ1n) is 10.3. The number of hydrogen-bond donors (Lipinski definition) is 0. The van der Waals surface area contributed by atoms with Crippen LogP contribution >= 0.6 is 34.4 Å². The summed E-state index contributed by atoms with van der Waals surface area (Å²) in [7, 11) is 0. The first-order valence-corrected chi connectivity index (χ1v) is 13.0. The van der Waals surface area contributed by atoms with Gasteiger partial charge in [0.1, 0.15) is 0 Å². The van der Waals surface area contributed by atoms with Crippen LogP contribution < -0.4 is 5.56 Å². The Morgan fingerprint density at radius 2 is 2.20 bits per heavy atom. The van der Waals surface area contributed by atoms with Crippen LogP contribution in [0.15, 0.2) is 33.0 Å². The van der Waals surface area contributed by atoms with Crippen molar-refractivity contribution < 1.29 is 0 Å². The van der Waals surface area contributed by atoms with Crippen LogP contribution in [0, 0.1) is 5.92 Å². The molecule has 0 amide bonds. The Balaban J connectivity index is 1.44. The summed E-state index contributed by atoms with van der Waals surface area (Å²) in [4.78, 5) is 19.1. The lowest BCUT2D eigenvalue weighted by atomic mass is 9.88. The molecule has 0 bridgehead atoms. The predicted octanol–water partition coefficient (Wildman–Crippen LogP) is 4.90. The average Bonchev–Trinajstić information content (AvgIpc) is 3.45. The summed E-state index contributed by atoms with van der Waals surface area (Å²) in [6, 6.07) is 1.62. The van der Waals surface area contributed by atoms with Gasteiger partial charge in [0.25, 0.3) is 5.56 Å². The molecule has 1 aliphatic rings. The Labute approximate surface area is 187 Å². The quantitative estimate of drug-likeness (QED) is 0.385. The largest absolute Gasteiger partial charge is 0.302 e. The molecule has 1 aliphatic carbocycles. The number of thiazole rings is 1. The fourth-order valence-electron chi connectivity index (χ4n) is 3.99. The molecule has 4 heterocycles. The van der Waals surface area contributed by atoms with Crippen molar-refractivity contribution in [1.82, 2.24) is 24.1 Å². The van der Waals surface area contributed by atoms with Crippen LogP contribution in [0.5, 0.6) is 0 Å². The van der Waals surface area contributed by atoms with Gasteiger partial charge in [-0.2, -0.15) is 0 Å². The van der Waals surface area contributed by atoms with Crippen LogP contribution in [-0.4, -0.2) is 24.1 Å². The fraction of sp³-hybridized carbons (Fsp3) is 0.429. The van der Waals surface area contributed by atoms with Gasteiger partial charge in [-0.15, -0.1) is 32.9 Å². The van der Waals surface area contributed by atoms with Crippen molar-refractivity contribution in [3.63, 3.8) is 0 Å². The van der Waals surface area contributed by atoms with E-state index in [1.807, 2.05) is 16.7 Å². The maximum atomic E-state index is 12.2. The monoisotopic (exact) mass is 457 g/mol. The van der Waals surface area contributed by atoms with Gasteiger partial charge in [-0.3, -0.25) is 9.20 Å². The molecule has 156 valence electrons. The van der Waals surface area contributed by atoms with Gasteiger partial charge in [-0.05, 0) is 37.2 Å². The number of thiophene rings is 1. The molecule has 0 radical (unpaired) electrons. The number of hydrogen-bond acceptors (Lipinski definition) is 7. The Morgan fingerprint density at radius 3 is 3.07 bits per heavy atom. The van der Waals surface area contributed by atoms with Gasteiger partial charge in [-0.25, -0.2) is 4.98 Å². The Kier molecular flexibility index (Phi) is 5.51.